The van der Waals surface area contributed by atoms with Gasteiger partial charge in [-0.3, -0.25) is 4.79 Å². The lowest BCUT2D eigenvalue weighted by Crippen LogP contribution is -2.52. The number of carbonyl (C=O) groups is 1. The van der Waals surface area contributed by atoms with Crippen molar-refractivity contribution in [2.75, 3.05) is 19.6 Å². The summed E-state index contributed by atoms with van der Waals surface area (Å²) in [6.45, 7) is 5.67. The van der Waals surface area contributed by atoms with Crippen molar-refractivity contribution >= 4 is 28.3 Å². The predicted molar refractivity (Wildman–Crippen MR) is 111 cm³/mol. The highest BCUT2D eigenvalue weighted by atomic mass is 35.5. The molecule has 1 aliphatic heterocycles. The van der Waals surface area contributed by atoms with Gasteiger partial charge in [-0.2, -0.15) is 4.31 Å². The second-order valence-corrected chi connectivity index (χ2v) is 8.93. The second-order valence-electron chi connectivity index (χ2n) is 6.99. The summed E-state index contributed by atoms with van der Waals surface area (Å²) in [6.07, 6.45) is 4.38. The quantitative estimate of drug-likeness (QED) is 0.645. The van der Waals surface area contributed by atoms with Crippen LogP contribution >= 0.6 is 12.4 Å². The molecule has 3 N–H and O–H groups in total. The van der Waals surface area contributed by atoms with Gasteiger partial charge >= 0.3 is 0 Å². The SMILES string of the molecule is CCC(CC)(CN)NC(=O)CCc1ccc(S(=O)(=O)N2CCCC2)cc1.Cl. The molecule has 0 radical (unpaired) electrons. The molecule has 154 valence electrons. The van der Waals surface area contributed by atoms with Crippen LogP contribution in [-0.2, 0) is 21.2 Å². The maximum atomic E-state index is 12.5. The summed E-state index contributed by atoms with van der Waals surface area (Å²) in [5.74, 6) is -0.0204. The van der Waals surface area contributed by atoms with E-state index >= 15 is 0 Å². The number of hydrogen-bond acceptors (Lipinski definition) is 4. The lowest BCUT2D eigenvalue weighted by Gasteiger charge is -2.31. The Bertz CT molecular complexity index is 689. The molecule has 0 bridgehead atoms. The first-order valence-corrected chi connectivity index (χ1v) is 10.9. The van der Waals surface area contributed by atoms with Gasteiger partial charge in [-0.05, 0) is 49.8 Å². The Morgan fingerprint density at radius 2 is 1.70 bits per heavy atom. The van der Waals surface area contributed by atoms with Gasteiger partial charge in [0.25, 0.3) is 0 Å². The Morgan fingerprint density at radius 1 is 1.15 bits per heavy atom. The van der Waals surface area contributed by atoms with Gasteiger partial charge in [0.2, 0.25) is 15.9 Å². The van der Waals surface area contributed by atoms with E-state index in [-0.39, 0.29) is 23.9 Å². The topological polar surface area (TPSA) is 92.5 Å². The van der Waals surface area contributed by atoms with Crippen LogP contribution < -0.4 is 11.1 Å². The number of hydrogen-bond donors (Lipinski definition) is 2. The number of nitrogens with two attached hydrogens (primary N) is 1. The molecule has 0 unspecified atom stereocenters. The van der Waals surface area contributed by atoms with Crippen molar-refractivity contribution in [1.82, 2.24) is 9.62 Å². The monoisotopic (exact) mass is 417 g/mol. The van der Waals surface area contributed by atoms with E-state index in [4.69, 9.17) is 5.73 Å². The van der Waals surface area contributed by atoms with Crippen LogP contribution in [0, 0.1) is 0 Å². The predicted octanol–water partition coefficient (Wildman–Crippen LogP) is 2.46. The number of aryl methyl sites for hydroxylation is 1. The number of nitrogens with one attached hydrogen (secondary N) is 1. The molecule has 27 heavy (non-hydrogen) atoms. The maximum Gasteiger partial charge on any atom is 0.243 e. The highest BCUT2D eigenvalue weighted by Gasteiger charge is 2.27. The van der Waals surface area contributed by atoms with E-state index in [9.17, 15) is 13.2 Å². The van der Waals surface area contributed by atoms with Crippen LogP contribution in [0.5, 0.6) is 0 Å². The Labute approximate surface area is 169 Å². The fourth-order valence-electron chi connectivity index (χ4n) is 3.29. The van der Waals surface area contributed by atoms with Gasteiger partial charge in [0, 0.05) is 26.1 Å². The molecule has 2 rings (SSSR count). The summed E-state index contributed by atoms with van der Waals surface area (Å²) >= 11 is 0. The number of amides is 1. The van der Waals surface area contributed by atoms with E-state index in [1.807, 2.05) is 13.8 Å². The van der Waals surface area contributed by atoms with E-state index in [1.54, 1.807) is 24.3 Å². The molecule has 0 aliphatic carbocycles. The number of nitrogens with zero attached hydrogens (tertiary/aromatic N) is 1. The van der Waals surface area contributed by atoms with Crippen LogP contribution in [0.3, 0.4) is 0 Å². The van der Waals surface area contributed by atoms with Crippen molar-refractivity contribution in [2.24, 2.45) is 5.73 Å². The van der Waals surface area contributed by atoms with E-state index in [1.165, 1.54) is 4.31 Å². The highest BCUT2D eigenvalue weighted by Crippen LogP contribution is 2.21. The van der Waals surface area contributed by atoms with E-state index in [0.717, 1.165) is 31.2 Å². The molecular formula is C19H32ClN3O3S. The zero-order valence-corrected chi connectivity index (χ0v) is 17.9. The van der Waals surface area contributed by atoms with Gasteiger partial charge in [-0.15, -0.1) is 12.4 Å². The van der Waals surface area contributed by atoms with Crippen LogP contribution in [0.15, 0.2) is 29.2 Å². The summed E-state index contributed by atoms with van der Waals surface area (Å²) in [5, 5.41) is 3.06. The van der Waals surface area contributed by atoms with E-state index < -0.39 is 10.0 Å². The summed E-state index contributed by atoms with van der Waals surface area (Å²) in [7, 11) is -3.38. The van der Waals surface area contributed by atoms with Crippen LogP contribution in [-0.4, -0.2) is 43.8 Å². The molecule has 1 aliphatic rings. The lowest BCUT2D eigenvalue weighted by atomic mass is 9.92. The Hall–Kier alpha value is -1.15. The van der Waals surface area contributed by atoms with Crippen molar-refractivity contribution in [2.45, 2.75) is 62.8 Å². The summed E-state index contributed by atoms with van der Waals surface area (Å²) in [6, 6.07) is 6.88. The van der Waals surface area contributed by atoms with Crippen molar-refractivity contribution in [1.29, 1.82) is 0 Å². The largest absolute Gasteiger partial charge is 0.349 e. The van der Waals surface area contributed by atoms with Gasteiger partial charge in [0.15, 0.2) is 0 Å². The van der Waals surface area contributed by atoms with Crippen LogP contribution in [0.4, 0.5) is 0 Å². The molecule has 0 spiro atoms. The third-order valence-corrected chi connectivity index (χ3v) is 7.33. The molecule has 1 aromatic carbocycles. The molecule has 1 fully saturated rings. The second kappa shape index (κ2) is 10.4. The van der Waals surface area contributed by atoms with Gasteiger partial charge in [-0.25, -0.2) is 8.42 Å². The first kappa shape index (κ1) is 23.9. The third-order valence-electron chi connectivity index (χ3n) is 5.42. The molecule has 0 atom stereocenters. The maximum absolute atomic E-state index is 12.5. The Morgan fingerprint density at radius 3 is 2.19 bits per heavy atom. The molecule has 0 saturated carbocycles. The smallest absolute Gasteiger partial charge is 0.243 e. The standard InChI is InChI=1S/C19H31N3O3S.ClH/c1-3-19(4-2,15-20)21-18(23)12-9-16-7-10-17(11-8-16)26(24,25)22-13-5-6-14-22;/h7-8,10-11H,3-6,9,12-15,20H2,1-2H3,(H,21,23);1H. The van der Waals surface area contributed by atoms with Crippen LogP contribution in [0.2, 0.25) is 0 Å². The fourth-order valence-corrected chi connectivity index (χ4v) is 4.81. The number of carbonyl (C=O) groups excluding carboxylic acids is 1. The number of halogens is 1. The Kier molecular flexibility index (Phi) is 9.21. The van der Waals surface area contributed by atoms with Crippen LogP contribution in [0.1, 0.15) is 51.5 Å². The molecule has 1 amide bonds. The zero-order valence-electron chi connectivity index (χ0n) is 16.2. The van der Waals surface area contributed by atoms with Gasteiger partial charge < -0.3 is 11.1 Å². The van der Waals surface area contributed by atoms with Crippen molar-refractivity contribution < 1.29 is 13.2 Å². The fraction of sp³-hybridized carbons (Fsp3) is 0.632. The average Bonchev–Trinajstić information content (AvgIpc) is 3.20. The zero-order chi connectivity index (χ0) is 19.2. The molecule has 1 aromatic rings. The lowest BCUT2D eigenvalue weighted by molar-refractivity contribution is -0.123. The minimum atomic E-state index is -3.38. The first-order valence-electron chi connectivity index (χ1n) is 9.47. The van der Waals surface area contributed by atoms with Gasteiger partial charge in [0.05, 0.1) is 10.4 Å². The van der Waals surface area contributed by atoms with Crippen LogP contribution in [0.25, 0.3) is 0 Å². The number of sulfonamides is 1. The minimum absolute atomic E-state index is 0. The minimum Gasteiger partial charge on any atom is -0.349 e. The average molecular weight is 418 g/mol. The summed E-state index contributed by atoms with van der Waals surface area (Å²) < 4.78 is 26.6. The summed E-state index contributed by atoms with van der Waals surface area (Å²) in [4.78, 5) is 12.6. The van der Waals surface area contributed by atoms with Crippen molar-refractivity contribution in [3.8, 4) is 0 Å². The molecule has 0 aromatic heterocycles. The van der Waals surface area contributed by atoms with Crippen molar-refractivity contribution in [3.05, 3.63) is 29.8 Å². The number of benzene rings is 1. The molecule has 1 saturated heterocycles. The molecule has 8 heteroatoms. The molecule has 1 heterocycles. The van der Waals surface area contributed by atoms with E-state index in [2.05, 4.69) is 5.32 Å². The normalized spacial score (nSPS) is 15.4. The Balaban J connectivity index is 0.00000364. The first-order chi connectivity index (χ1) is 12.4. The highest BCUT2D eigenvalue weighted by molar-refractivity contribution is 7.89. The third kappa shape index (κ3) is 5.91. The number of rotatable bonds is 9. The molecule has 6 nitrogen and oxygen atoms in total. The molecular weight excluding hydrogens is 386 g/mol. The van der Waals surface area contributed by atoms with Crippen molar-refractivity contribution in [3.63, 3.8) is 0 Å². The van der Waals surface area contributed by atoms with E-state index in [0.29, 0.717) is 37.4 Å². The van der Waals surface area contributed by atoms with Gasteiger partial charge in [-0.1, -0.05) is 26.0 Å². The van der Waals surface area contributed by atoms with Gasteiger partial charge in [0.1, 0.15) is 0 Å². The summed E-state index contributed by atoms with van der Waals surface area (Å²) in [5.41, 5.74) is 6.44.